The third-order valence-corrected chi connectivity index (χ3v) is 3.54. The summed E-state index contributed by atoms with van der Waals surface area (Å²) in [6.07, 6.45) is 5.16. The van der Waals surface area contributed by atoms with Crippen LogP contribution in [0, 0.1) is 0 Å². The summed E-state index contributed by atoms with van der Waals surface area (Å²) in [4.78, 5) is 0. The van der Waals surface area contributed by atoms with Crippen molar-refractivity contribution < 1.29 is 9.84 Å². The van der Waals surface area contributed by atoms with Gasteiger partial charge in [0, 0.05) is 19.7 Å². The quantitative estimate of drug-likeness (QED) is 0.842. The van der Waals surface area contributed by atoms with Crippen LogP contribution in [0.1, 0.15) is 31.2 Å². The van der Waals surface area contributed by atoms with Crippen molar-refractivity contribution in [2.45, 2.75) is 44.4 Å². The maximum Gasteiger partial charge on any atom is 0.115 e. The molecule has 0 aromatic heterocycles. The van der Waals surface area contributed by atoms with Crippen LogP contribution < -0.4 is 5.32 Å². The van der Waals surface area contributed by atoms with Crippen molar-refractivity contribution in [2.75, 3.05) is 7.11 Å². The van der Waals surface area contributed by atoms with Crippen molar-refractivity contribution in [3.63, 3.8) is 0 Å². The average molecular weight is 235 g/mol. The van der Waals surface area contributed by atoms with E-state index >= 15 is 0 Å². The zero-order valence-corrected chi connectivity index (χ0v) is 10.4. The molecular formula is C14H21NO2. The van der Waals surface area contributed by atoms with Crippen LogP contribution in [0.4, 0.5) is 0 Å². The largest absolute Gasteiger partial charge is 0.508 e. The maximum absolute atomic E-state index is 9.20. The molecule has 2 N–H and O–H groups in total. The second kappa shape index (κ2) is 6.03. The molecule has 1 aliphatic carbocycles. The van der Waals surface area contributed by atoms with Crippen LogP contribution in [0.3, 0.4) is 0 Å². The zero-order valence-electron chi connectivity index (χ0n) is 10.4. The molecule has 1 aromatic carbocycles. The molecule has 0 atom stereocenters. The third kappa shape index (κ3) is 3.72. The van der Waals surface area contributed by atoms with E-state index in [9.17, 15) is 5.11 Å². The number of nitrogens with one attached hydrogen (secondary N) is 1. The average Bonchev–Trinajstić information content (AvgIpc) is 2.39. The molecule has 0 aliphatic heterocycles. The smallest absolute Gasteiger partial charge is 0.115 e. The second-order valence-corrected chi connectivity index (χ2v) is 4.76. The predicted molar refractivity (Wildman–Crippen MR) is 68.0 cm³/mol. The van der Waals surface area contributed by atoms with E-state index < -0.39 is 0 Å². The minimum absolute atomic E-state index is 0.328. The van der Waals surface area contributed by atoms with E-state index in [2.05, 4.69) is 5.32 Å². The highest BCUT2D eigenvalue weighted by atomic mass is 16.5. The fourth-order valence-corrected chi connectivity index (χ4v) is 2.38. The first-order valence-electron chi connectivity index (χ1n) is 6.32. The van der Waals surface area contributed by atoms with E-state index in [1.54, 1.807) is 19.2 Å². The Hall–Kier alpha value is -1.06. The Morgan fingerprint density at radius 3 is 2.41 bits per heavy atom. The highest BCUT2D eigenvalue weighted by molar-refractivity contribution is 5.25. The van der Waals surface area contributed by atoms with E-state index in [-0.39, 0.29) is 0 Å². The van der Waals surface area contributed by atoms with Gasteiger partial charge in [-0.2, -0.15) is 0 Å². The number of aromatic hydroxyl groups is 1. The third-order valence-electron chi connectivity index (χ3n) is 3.54. The first-order valence-corrected chi connectivity index (χ1v) is 6.32. The Morgan fingerprint density at radius 1 is 1.18 bits per heavy atom. The SMILES string of the molecule is COC1CCC(NCc2ccc(O)cc2)CC1. The number of ether oxygens (including phenoxy) is 1. The Labute approximate surface area is 103 Å². The van der Waals surface area contributed by atoms with Crippen molar-refractivity contribution in [1.29, 1.82) is 0 Å². The Balaban J connectivity index is 1.74. The monoisotopic (exact) mass is 235 g/mol. The van der Waals surface area contributed by atoms with Gasteiger partial charge in [-0.3, -0.25) is 0 Å². The summed E-state index contributed by atoms with van der Waals surface area (Å²) < 4.78 is 5.36. The summed E-state index contributed by atoms with van der Waals surface area (Å²) in [5, 5.41) is 12.8. The molecule has 1 saturated carbocycles. The Kier molecular flexibility index (Phi) is 4.40. The highest BCUT2D eigenvalue weighted by Crippen LogP contribution is 2.21. The van der Waals surface area contributed by atoms with Gasteiger partial charge in [0.05, 0.1) is 6.10 Å². The molecule has 0 saturated heterocycles. The van der Waals surface area contributed by atoms with E-state index in [1.807, 2.05) is 12.1 Å². The van der Waals surface area contributed by atoms with Crippen molar-refractivity contribution in [1.82, 2.24) is 5.32 Å². The van der Waals surface area contributed by atoms with Crippen molar-refractivity contribution >= 4 is 0 Å². The fourth-order valence-electron chi connectivity index (χ4n) is 2.38. The zero-order chi connectivity index (χ0) is 12.1. The van der Waals surface area contributed by atoms with Crippen LogP contribution in [0.25, 0.3) is 0 Å². The molecule has 0 unspecified atom stereocenters. The van der Waals surface area contributed by atoms with Crippen LogP contribution in [-0.4, -0.2) is 24.4 Å². The molecular weight excluding hydrogens is 214 g/mol. The number of benzene rings is 1. The summed E-state index contributed by atoms with van der Waals surface area (Å²) in [5.41, 5.74) is 1.22. The molecule has 1 fully saturated rings. The van der Waals surface area contributed by atoms with Gasteiger partial charge in [0.2, 0.25) is 0 Å². The maximum atomic E-state index is 9.20. The normalized spacial score (nSPS) is 24.8. The number of phenols is 1. The van der Waals surface area contributed by atoms with Gasteiger partial charge < -0.3 is 15.2 Å². The summed E-state index contributed by atoms with van der Waals surface area (Å²) in [7, 11) is 1.80. The van der Waals surface area contributed by atoms with E-state index in [1.165, 1.54) is 18.4 Å². The van der Waals surface area contributed by atoms with Gasteiger partial charge in [0.15, 0.2) is 0 Å². The van der Waals surface area contributed by atoms with Crippen molar-refractivity contribution in [2.24, 2.45) is 0 Å². The summed E-state index contributed by atoms with van der Waals surface area (Å²) in [5.74, 6) is 0.328. The van der Waals surface area contributed by atoms with Gasteiger partial charge in [-0.25, -0.2) is 0 Å². The van der Waals surface area contributed by atoms with Gasteiger partial charge in [0.1, 0.15) is 5.75 Å². The number of methoxy groups -OCH3 is 1. The lowest BCUT2D eigenvalue weighted by Gasteiger charge is -2.28. The van der Waals surface area contributed by atoms with Gasteiger partial charge in [-0.05, 0) is 43.4 Å². The van der Waals surface area contributed by atoms with E-state index in [4.69, 9.17) is 4.74 Å². The molecule has 0 amide bonds. The lowest BCUT2D eigenvalue weighted by atomic mass is 9.93. The second-order valence-electron chi connectivity index (χ2n) is 4.76. The van der Waals surface area contributed by atoms with Gasteiger partial charge in [-0.1, -0.05) is 12.1 Å². The van der Waals surface area contributed by atoms with Crippen LogP contribution in [0.5, 0.6) is 5.75 Å². The Morgan fingerprint density at radius 2 is 1.82 bits per heavy atom. The Bertz CT molecular complexity index is 329. The molecule has 0 spiro atoms. The molecule has 1 aliphatic rings. The van der Waals surface area contributed by atoms with Crippen LogP contribution in [-0.2, 0) is 11.3 Å². The first-order chi connectivity index (χ1) is 8.28. The summed E-state index contributed by atoms with van der Waals surface area (Å²) >= 11 is 0. The van der Waals surface area contributed by atoms with Crippen molar-refractivity contribution in [3.8, 4) is 5.75 Å². The lowest BCUT2D eigenvalue weighted by Crippen LogP contribution is -2.34. The standard InChI is InChI=1S/C14H21NO2/c1-17-14-8-4-12(5-9-14)15-10-11-2-6-13(16)7-3-11/h2-3,6-7,12,14-16H,4-5,8-10H2,1H3. The van der Waals surface area contributed by atoms with Crippen LogP contribution >= 0.6 is 0 Å². The van der Waals surface area contributed by atoms with E-state index in [0.717, 1.165) is 19.4 Å². The first kappa shape index (κ1) is 12.4. The fraction of sp³-hybridized carbons (Fsp3) is 0.571. The molecule has 3 heteroatoms. The van der Waals surface area contributed by atoms with Crippen molar-refractivity contribution in [3.05, 3.63) is 29.8 Å². The molecule has 17 heavy (non-hydrogen) atoms. The topological polar surface area (TPSA) is 41.5 Å². The molecule has 2 rings (SSSR count). The summed E-state index contributed by atoms with van der Waals surface area (Å²) in [6, 6.07) is 8.00. The predicted octanol–water partition coefficient (Wildman–Crippen LogP) is 2.44. The van der Waals surface area contributed by atoms with Crippen LogP contribution in [0.2, 0.25) is 0 Å². The molecule has 0 heterocycles. The highest BCUT2D eigenvalue weighted by Gasteiger charge is 2.19. The number of phenolic OH excluding ortho intramolecular Hbond substituents is 1. The van der Waals surface area contributed by atoms with Crippen LogP contribution in [0.15, 0.2) is 24.3 Å². The van der Waals surface area contributed by atoms with Gasteiger partial charge >= 0.3 is 0 Å². The molecule has 94 valence electrons. The lowest BCUT2D eigenvalue weighted by molar-refractivity contribution is 0.0624. The molecule has 3 nitrogen and oxygen atoms in total. The molecule has 0 bridgehead atoms. The molecule has 1 aromatic rings. The number of hydrogen-bond donors (Lipinski definition) is 2. The minimum Gasteiger partial charge on any atom is -0.508 e. The molecule has 0 radical (unpaired) electrons. The minimum atomic E-state index is 0.328. The summed E-state index contributed by atoms with van der Waals surface area (Å²) in [6.45, 7) is 0.878. The van der Waals surface area contributed by atoms with Gasteiger partial charge in [-0.15, -0.1) is 0 Å². The number of rotatable bonds is 4. The van der Waals surface area contributed by atoms with E-state index in [0.29, 0.717) is 17.9 Å². The number of hydrogen-bond acceptors (Lipinski definition) is 3. The van der Waals surface area contributed by atoms with Gasteiger partial charge in [0.25, 0.3) is 0 Å².